The van der Waals surface area contributed by atoms with Gasteiger partial charge in [0.25, 0.3) is 0 Å². The number of sulfone groups is 1. The molecule has 0 amide bonds. The van der Waals surface area contributed by atoms with E-state index < -0.39 is 9.84 Å². The zero-order chi connectivity index (χ0) is 9.90. The monoisotopic (exact) mass is 223 g/mol. The van der Waals surface area contributed by atoms with Gasteiger partial charge in [-0.1, -0.05) is 11.6 Å². The highest BCUT2D eigenvalue weighted by atomic mass is 35.5. The molecule has 76 valence electrons. The Balaban J connectivity index is 2.33. The topological polar surface area (TPSA) is 46.2 Å². The number of hydrogen-bond acceptors (Lipinski definition) is 3. The minimum absolute atomic E-state index is 0.108. The molecule has 1 aliphatic heterocycles. The molecule has 1 fully saturated rings. The second-order valence-corrected chi connectivity index (χ2v) is 5.88. The molecule has 1 unspecified atom stereocenters. The van der Waals surface area contributed by atoms with Crippen molar-refractivity contribution in [3.63, 3.8) is 0 Å². The van der Waals surface area contributed by atoms with Gasteiger partial charge in [0.2, 0.25) is 0 Å². The summed E-state index contributed by atoms with van der Waals surface area (Å²) in [6.07, 6.45) is 0.720. The van der Waals surface area contributed by atoms with Crippen molar-refractivity contribution in [3.05, 3.63) is 11.1 Å². The second kappa shape index (κ2) is 4.44. The second-order valence-electron chi connectivity index (χ2n) is 3.44. The van der Waals surface area contributed by atoms with Crippen LogP contribution in [-0.2, 0) is 9.84 Å². The minimum Gasteiger partial charge on any atom is -0.309 e. The van der Waals surface area contributed by atoms with Gasteiger partial charge in [-0.25, -0.2) is 8.42 Å². The first-order chi connectivity index (χ1) is 6.03. The third kappa shape index (κ3) is 3.67. The van der Waals surface area contributed by atoms with E-state index in [1.165, 1.54) is 5.54 Å². The number of halogens is 1. The normalized spacial score (nSPS) is 27.8. The fourth-order valence-electron chi connectivity index (χ4n) is 1.30. The van der Waals surface area contributed by atoms with Crippen LogP contribution in [0.2, 0.25) is 0 Å². The predicted octanol–water partition coefficient (Wildman–Crippen LogP) is 0.906. The zero-order valence-electron chi connectivity index (χ0n) is 7.59. The summed E-state index contributed by atoms with van der Waals surface area (Å²) in [5.41, 5.74) is 2.53. The summed E-state index contributed by atoms with van der Waals surface area (Å²) in [6, 6.07) is 0.108. The lowest BCUT2D eigenvalue weighted by atomic mass is 10.2. The molecule has 0 bridgehead atoms. The standard InChI is InChI=1S/C8H14ClNO2S/c1-7(4-9)5-10-8-2-3-13(11,12)6-8/h4,8,10H,2-3,5-6H2,1H3. The van der Waals surface area contributed by atoms with E-state index >= 15 is 0 Å². The highest BCUT2D eigenvalue weighted by Crippen LogP contribution is 2.11. The molecule has 0 saturated carbocycles. The van der Waals surface area contributed by atoms with E-state index in [-0.39, 0.29) is 11.8 Å². The Morgan fingerprint density at radius 1 is 1.69 bits per heavy atom. The SMILES string of the molecule is CC(=CCl)CNC1CCS(=O)(=O)C1. The Labute approximate surface area is 84.1 Å². The summed E-state index contributed by atoms with van der Waals surface area (Å²) >= 11 is 5.47. The van der Waals surface area contributed by atoms with Gasteiger partial charge in [-0.05, 0) is 18.9 Å². The number of hydrogen-bond donors (Lipinski definition) is 1. The van der Waals surface area contributed by atoms with Gasteiger partial charge < -0.3 is 5.32 Å². The van der Waals surface area contributed by atoms with Crippen molar-refractivity contribution in [1.29, 1.82) is 0 Å². The first-order valence-electron chi connectivity index (χ1n) is 4.23. The fraction of sp³-hybridized carbons (Fsp3) is 0.750. The van der Waals surface area contributed by atoms with Gasteiger partial charge in [0.05, 0.1) is 11.5 Å². The molecule has 1 rings (SSSR count). The van der Waals surface area contributed by atoms with Crippen molar-refractivity contribution in [3.8, 4) is 0 Å². The maximum absolute atomic E-state index is 11.1. The van der Waals surface area contributed by atoms with E-state index in [2.05, 4.69) is 5.32 Å². The van der Waals surface area contributed by atoms with Gasteiger partial charge in [-0.2, -0.15) is 0 Å². The molecule has 1 N–H and O–H groups in total. The van der Waals surface area contributed by atoms with Crippen molar-refractivity contribution < 1.29 is 8.42 Å². The van der Waals surface area contributed by atoms with Crippen LogP contribution < -0.4 is 5.32 Å². The van der Waals surface area contributed by atoms with E-state index in [0.29, 0.717) is 12.3 Å². The molecule has 0 aromatic rings. The van der Waals surface area contributed by atoms with Gasteiger partial charge in [0.1, 0.15) is 0 Å². The van der Waals surface area contributed by atoms with Gasteiger partial charge in [-0.3, -0.25) is 0 Å². The van der Waals surface area contributed by atoms with Gasteiger partial charge in [0.15, 0.2) is 9.84 Å². The molecule has 0 spiro atoms. The summed E-state index contributed by atoms with van der Waals surface area (Å²) < 4.78 is 22.1. The molecule has 5 heteroatoms. The summed E-state index contributed by atoms with van der Waals surface area (Å²) in [4.78, 5) is 0. The molecule has 1 heterocycles. The van der Waals surface area contributed by atoms with Crippen LogP contribution in [0, 0.1) is 0 Å². The predicted molar refractivity (Wildman–Crippen MR) is 54.7 cm³/mol. The molecular weight excluding hydrogens is 210 g/mol. The summed E-state index contributed by atoms with van der Waals surface area (Å²) in [5, 5.41) is 3.16. The Morgan fingerprint density at radius 2 is 2.38 bits per heavy atom. The maximum atomic E-state index is 11.1. The number of rotatable bonds is 3. The van der Waals surface area contributed by atoms with Crippen LogP contribution in [-0.4, -0.2) is 32.5 Å². The molecule has 3 nitrogen and oxygen atoms in total. The van der Waals surface area contributed by atoms with Crippen LogP contribution in [0.5, 0.6) is 0 Å². The highest BCUT2D eigenvalue weighted by Gasteiger charge is 2.26. The van der Waals surface area contributed by atoms with Crippen molar-refractivity contribution >= 4 is 21.4 Å². The van der Waals surface area contributed by atoms with E-state index in [9.17, 15) is 8.42 Å². The fourth-order valence-corrected chi connectivity index (χ4v) is 3.08. The average Bonchev–Trinajstić information content (AvgIpc) is 2.41. The first kappa shape index (κ1) is 11.0. The molecular formula is C8H14ClNO2S. The Bertz CT molecular complexity index is 297. The van der Waals surface area contributed by atoms with Crippen LogP contribution in [0.15, 0.2) is 11.1 Å². The zero-order valence-corrected chi connectivity index (χ0v) is 9.16. The van der Waals surface area contributed by atoms with Crippen LogP contribution in [0.1, 0.15) is 13.3 Å². The smallest absolute Gasteiger partial charge is 0.151 e. The van der Waals surface area contributed by atoms with E-state index in [1.54, 1.807) is 0 Å². The Morgan fingerprint density at radius 3 is 2.85 bits per heavy atom. The van der Waals surface area contributed by atoms with Crippen LogP contribution in [0.4, 0.5) is 0 Å². The summed E-state index contributed by atoms with van der Waals surface area (Å²) in [7, 11) is -2.77. The molecule has 0 aromatic carbocycles. The third-order valence-electron chi connectivity index (χ3n) is 2.09. The van der Waals surface area contributed by atoms with Crippen LogP contribution >= 0.6 is 11.6 Å². The van der Waals surface area contributed by atoms with Crippen molar-refractivity contribution in [1.82, 2.24) is 5.32 Å². The average molecular weight is 224 g/mol. The third-order valence-corrected chi connectivity index (χ3v) is 4.23. The van der Waals surface area contributed by atoms with Crippen molar-refractivity contribution in [2.24, 2.45) is 0 Å². The van der Waals surface area contributed by atoms with Gasteiger partial charge in [0, 0.05) is 18.1 Å². The Hall–Kier alpha value is -0.0600. The molecule has 0 radical (unpaired) electrons. The largest absolute Gasteiger partial charge is 0.309 e. The summed E-state index contributed by atoms with van der Waals surface area (Å²) in [6.45, 7) is 2.58. The molecule has 1 atom stereocenters. The van der Waals surface area contributed by atoms with Crippen LogP contribution in [0.25, 0.3) is 0 Å². The summed E-state index contributed by atoms with van der Waals surface area (Å²) in [5.74, 6) is 0.580. The van der Waals surface area contributed by atoms with Crippen molar-refractivity contribution in [2.75, 3.05) is 18.1 Å². The molecule has 1 aliphatic rings. The minimum atomic E-state index is -2.77. The Kier molecular flexibility index (Phi) is 3.76. The number of nitrogens with one attached hydrogen (secondary N) is 1. The lowest BCUT2D eigenvalue weighted by Gasteiger charge is -2.09. The highest BCUT2D eigenvalue weighted by molar-refractivity contribution is 7.91. The van der Waals surface area contributed by atoms with E-state index in [1.807, 2.05) is 6.92 Å². The molecule has 13 heavy (non-hydrogen) atoms. The van der Waals surface area contributed by atoms with Crippen LogP contribution in [0.3, 0.4) is 0 Å². The lowest BCUT2D eigenvalue weighted by molar-refractivity contribution is 0.578. The van der Waals surface area contributed by atoms with E-state index in [0.717, 1.165) is 12.0 Å². The van der Waals surface area contributed by atoms with Gasteiger partial charge in [-0.15, -0.1) is 0 Å². The maximum Gasteiger partial charge on any atom is 0.151 e. The molecule has 1 saturated heterocycles. The molecule has 0 aliphatic carbocycles. The lowest BCUT2D eigenvalue weighted by Crippen LogP contribution is -2.31. The first-order valence-corrected chi connectivity index (χ1v) is 6.49. The van der Waals surface area contributed by atoms with Crippen molar-refractivity contribution in [2.45, 2.75) is 19.4 Å². The van der Waals surface area contributed by atoms with E-state index in [4.69, 9.17) is 11.6 Å². The quantitative estimate of drug-likeness (QED) is 0.774. The molecule has 0 aromatic heterocycles. The van der Waals surface area contributed by atoms with Gasteiger partial charge >= 0.3 is 0 Å².